The maximum Gasteiger partial charge on any atom is 0.134 e. The van der Waals surface area contributed by atoms with Crippen molar-refractivity contribution >= 4 is 17.0 Å². The van der Waals surface area contributed by atoms with Crippen LogP contribution in [-0.2, 0) is 0 Å². The molecule has 2 N–H and O–H groups in total. The number of aromatic nitrogens is 1. The molecule has 0 unspecified atom stereocenters. The van der Waals surface area contributed by atoms with Crippen molar-refractivity contribution in [1.29, 1.82) is 0 Å². The molecule has 2 aromatic rings. The van der Waals surface area contributed by atoms with Crippen LogP contribution < -0.4 is 5.73 Å². The van der Waals surface area contributed by atoms with Crippen LogP contribution in [0.25, 0.3) is 11.3 Å². The minimum Gasteiger partial charge on any atom is -0.399 e. The van der Waals surface area contributed by atoms with Gasteiger partial charge in [-0.25, -0.2) is 9.37 Å². The molecule has 0 aliphatic heterocycles. The molecular weight excluding hydrogens is 199 g/mol. The average Bonchev–Trinajstić information content (AvgIpc) is 2.51. The number of thiazole rings is 1. The van der Waals surface area contributed by atoms with E-state index in [0.29, 0.717) is 16.9 Å². The molecule has 1 aromatic heterocycles. The second kappa shape index (κ2) is 3.38. The molecule has 0 spiro atoms. The minimum absolute atomic E-state index is 0.324. The van der Waals surface area contributed by atoms with Gasteiger partial charge in [-0.1, -0.05) is 0 Å². The monoisotopic (exact) mass is 208 g/mol. The number of nitrogens with zero attached hydrogens (tertiary/aromatic N) is 1. The molecule has 0 aliphatic carbocycles. The van der Waals surface area contributed by atoms with Crippen molar-refractivity contribution in [3.63, 3.8) is 0 Å². The molecule has 14 heavy (non-hydrogen) atoms. The summed E-state index contributed by atoms with van der Waals surface area (Å²) >= 11 is 1.50. The van der Waals surface area contributed by atoms with E-state index < -0.39 is 0 Å². The highest BCUT2D eigenvalue weighted by atomic mass is 32.1. The summed E-state index contributed by atoms with van der Waals surface area (Å²) < 4.78 is 13.4. The molecule has 0 atom stereocenters. The SMILES string of the molecule is Cc1nc(-c2ccc(N)cc2F)cs1. The van der Waals surface area contributed by atoms with E-state index in [9.17, 15) is 4.39 Å². The molecule has 1 heterocycles. The summed E-state index contributed by atoms with van der Waals surface area (Å²) in [6.45, 7) is 1.89. The van der Waals surface area contributed by atoms with Crippen molar-refractivity contribution in [3.8, 4) is 11.3 Å². The Labute approximate surface area is 85.2 Å². The fourth-order valence-electron chi connectivity index (χ4n) is 1.23. The summed E-state index contributed by atoms with van der Waals surface area (Å²) in [5.41, 5.74) is 7.06. The van der Waals surface area contributed by atoms with E-state index in [4.69, 9.17) is 5.73 Å². The summed E-state index contributed by atoms with van der Waals surface area (Å²) in [5, 5.41) is 2.76. The number of anilines is 1. The van der Waals surface area contributed by atoms with Crippen LogP contribution in [0.2, 0.25) is 0 Å². The lowest BCUT2D eigenvalue weighted by Gasteiger charge is -1.99. The number of hydrogen-bond donors (Lipinski definition) is 1. The van der Waals surface area contributed by atoms with Gasteiger partial charge < -0.3 is 5.73 Å². The van der Waals surface area contributed by atoms with E-state index in [-0.39, 0.29) is 5.82 Å². The van der Waals surface area contributed by atoms with Gasteiger partial charge in [-0.15, -0.1) is 11.3 Å². The molecule has 72 valence electrons. The minimum atomic E-state index is -0.324. The predicted octanol–water partition coefficient (Wildman–Crippen LogP) is 2.84. The summed E-state index contributed by atoms with van der Waals surface area (Å²) in [6.07, 6.45) is 0. The molecule has 0 saturated carbocycles. The van der Waals surface area contributed by atoms with Gasteiger partial charge in [0.1, 0.15) is 5.82 Å². The first-order chi connectivity index (χ1) is 6.66. The Bertz CT molecular complexity index is 465. The summed E-state index contributed by atoms with van der Waals surface area (Å²) in [6, 6.07) is 4.64. The summed E-state index contributed by atoms with van der Waals surface area (Å²) in [4.78, 5) is 4.21. The van der Waals surface area contributed by atoms with Crippen LogP contribution in [-0.4, -0.2) is 4.98 Å². The highest BCUT2D eigenvalue weighted by molar-refractivity contribution is 7.09. The molecule has 0 saturated heterocycles. The first kappa shape index (κ1) is 9.15. The van der Waals surface area contributed by atoms with E-state index in [1.165, 1.54) is 17.4 Å². The van der Waals surface area contributed by atoms with E-state index in [1.807, 2.05) is 12.3 Å². The van der Waals surface area contributed by atoms with E-state index in [0.717, 1.165) is 5.01 Å². The van der Waals surface area contributed by atoms with Crippen LogP contribution in [0.3, 0.4) is 0 Å². The lowest BCUT2D eigenvalue weighted by molar-refractivity contribution is 0.631. The van der Waals surface area contributed by atoms with Gasteiger partial charge in [-0.05, 0) is 25.1 Å². The molecule has 1 aromatic carbocycles. The van der Waals surface area contributed by atoms with Gasteiger partial charge in [0.25, 0.3) is 0 Å². The molecule has 2 nitrogen and oxygen atoms in total. The van der Waals surface area contributed by atoms with Gasteiger partial charge in [0.15, 0.2) is 0 Å². The number of aryl methyl sites for hydroxylation is 1. The topological polar surface area (TPSA) is 38.9 Å². The van der Waals surface area contributed by atoms with Gasteiger partial charge in [0, 0.05) is 16.6 Å². The van der Waals surface area contributed by atoms with Crippen molar-refractivity contribution < 1.29 is 4.39 Å². The molecule has 0 aliphatic rings. The van der Waals surface area contributed by atoms with Crippen molar-refractivity contribution in [1.82, 2.24) is 4.98 Å². The van der Waals surface area contributed by atoms with E-state index in [2.05, 4.69) is 4.98 Å². The lowest BCUT2D eigenvalue weighted by atomic mass is 10.1. The molecular formula is C10H9FN2S. The van der Waals surface area contributed by atoms with Gasteiger partial charge in [-0.3, -0.25) is 0 Å². The van der Waals surface area contributed by atoms with Crippen LogP contribution in [0, 0.1) is 12.7 Å². The van der Waals surface area contributed by atoms with Crippen LogP contribution in [0.15, 0.2) is 23.6 Å². The van der Waals surface area contributed by atoms with Crippen LogP contribution in [0.4, 0.5) is 10.1 Å². The number of halogens is 1. The van der Waals surface area contributed by atoms with Crippen molar-refractivity contribution in [2.24, 2.45) is 0 Å². The zero-order valence-corrected chi connectivity index (χ0v) is 8.44. The summed E-state index contributed by atoms with van der Waals surface area (Å²) in [5.74, 6) is -0.324. The van der Waals surface area contributed by atoms with Crippen molar-refractivity contribution in [2.45, 2.75) is 6.92 Å². The zero-order chi connectivity index (χ0) is 10.1. The van der Waals surface area contributed by atoms with Gasteiger partial charge in [0.2, 0.25) is 0 Å². The normalized spacial score (nSPS) is 10.4. The molecule has 0 amide bonds. The maximum absolute atomic E-state index is 13.4. The number of benzene rings is 1. The standard InChI is InChI=1S/C10H9FN2S/c1-6-13-10(5-14-6)8-3-2-7(12)4-9(8)11/h2-5H,12H2,1H3. The zero-order valence-electron chi connectivity index (χ0n) is 7.62. The molecule has 2 rings (SSSR count). The Morgan fingerprint density at radius 2 is 2.21 bits per heavy atom. The number of rotatable bonds is 1. The second-order valence-corrected chi connectivity index (χ2v) is 4.05. The average molecular weight is 208 g/mol. The second-order valence-electron chi connectivity index (χ2n) is 2.99. The third-order valence-electron chi connectivity index (χ3n) is 1.89. The third-order valence-corrected chi connectivity index (χ3v) is 2.66. The van der Waals surface area contributed by atoms with Gasteiger partial charge in [-0.2, -0.15) is 0 Å². The highest BCUT2D eigenvalue weighted by Gasteiger charge is 2.07. The Kier molecular flexibility index (Phi) is 2.21. The smallest absolute Gasteiger partial charge is 0.134 e. The largest absolute Gasteiger partial charge is 0.399 e. The molecule has 0 radical (unpaired) electrons. The third kappa shape index (κ3) is 1.61. The quantitative estimate of drug-likeness (QED) is 0.732. The number of nitrogens with two attached hydrogens (primary N) is 1. The summed E-state index contributed by atoms with van der Waals surface area (Å²) in [7, 11) is 0. The van der Waals surface area contributed by atoms with Crippen molar-refractivity contribution in [3.05, 3.63) is 34.4 Å². The van der Waals surface area contributed by atoms with E-state index >= 15 is 0 Å². The number of hydrogen-bond acceptors (Lipinski definition) is 3. The Balaban J connectivity index is 2.52. The van der Waals surface area contributed by atoms with Crippen molar-refractivity contribution in [2.75, 3.05) is 5.73 Å². The lowest BCUT2D eigenvalue weighted by Crippen LogP contribution is -1.89. The molecule has 0 fully saturated rings. The van der Waals surface area contributed by atoms with Crippen LogP contribution in [0.5, 0.6) is 0 Å². The Morgan fingerprint density at radius 1 is 1.43 bits per heavy atom. The molecule has 0 bridgehead atoms. The maximum atomic E-state index is 13.4. The first-order valence-electron chi connectivity index (χ1n) is 4.14. The fraction of sp³-hybridized carbons (Fsp3) is 0.100. The van der Waals surface area contributed by atoms with Crippen LogP contribution >= 0.6 is 11.3 Å². The highest BCUT2D eigenvalue weighted by Crippen LogP contribution is 2.25. The molecule has 4 heteroatoms. The first-order valence-corrected chi connectivity index (χ1v) is 5.02. The van der Waals surface area contributed by atoms with Crippen LogP contribution in [0.1, 0.15) is 5.01 Å². The van der Waals surface area contributed by atoms with Gasteiger partial charge in [0.05, 0.1) is 10.7 Å². The predicted molar refractivity (Wildman–Crippen MR) is 56.7 cm³/mol. The Morgan fingerprint density at radius 3 is 2.79 bits per heavy atom. The Hall–Kier alpha value is -1.42. The van der Waals surface area contributed by atoms with E-state index in [1.54, 1.807) is 12.1 Å². The number of nitrogen functional groups attached to an aromatic ring is 1. The fourth-order valence-corrected chi connectivity index (χ4v) is 1.84. The van der Waals surface area contributed by atoms with Gasteiger partial charge >= 0.3 is 0 Å².